The van der Waals surface area contributed by atoms with E-state index in [-0.39, 0.29) is 12.3 Å². The van der Waals surface area contributed by atoms with Gasteiger partial charge >= 0.3 is 0 Å². The van der Waals surface area contributed by atoms with Gasteiger partial charge in [0.15, 0.2) is 6.23 Å². The van der Waals surface area contributed by atoms with Gasteiger partial charge in [-0.1, -0.05) is 0 Å². The Kier molecular flexibility index (Phi) is 3.96. The molecule has 0 saturated carbocycles. The molecule has 1 aliphatic heterocycles. The summed E-state index contributed by atoms with van der Waals surface area (Å²) in [4.78, 5) is 9.97. The molecule has 8 heteroatoms. The molecule has 4 atom stereocenters. The molecule has 0 bridgehead atoms. The minimum absolute atomic E-state index is 0.0499. The molecule has 104 valence electrons. The maximum Gasteiger partial charge on any atom is 0.269 e. The van der Waals surface area contributed by atoms with E-state index in [0.29, 0.717) is 5.69 Å². The van der Waals surface area contributed by atoms with Crippen LogP contribution in [0.2, 0.25) is 0 Å². The van der Waals surface area contributed by atoms with Crippen molar-refractivity contribution in [2.24, 2.45) is 0 Å². The smallest absolute Gasteiger partial charge is 0.269 e. The lowest BCUT2D eigenvalue weighted by molar-refractivity contribution is -0.384. The Hall–Kier alpha value is -1.74. The van der Waals surface area contributed by atoms with Gasteiger partial charge in [-0.05, 0) is 12.1 Å². The summed E-state index contributed by atoms with van der Waals surface area (Å²) in [7, 11) is 0. The summed E-state index contributed by atoms with van der Waals surface area (Å²) in [5.74, 6) is 0. The molecule has 0 aromatic heterocycles. The third-order valence-corrected chi connectivity index (χ3v) is 2.89. The second-order valence-corrected chi connectivity index (χ2v) is 4.25. The quantitative estimate of drug-likeness (QED) is 0.428. The van der Waals surface area contributed by atoms with E-state index in [0.717, 1.165) is 0 Å². The number of ether oxygens (including phenoxy) is 1. The van der Waals surface area contributed by atoms with E-state index < -0.39 is 29.5 Å². The standard InChI is InChI=1S/C11H14N2O6/c14-8-5-19-11(10(16)9(8)15)12-6-1-3-7(4-2-6)13(17)18/h1-4,8-12,14-16H,5H2/t8-,9+,10+,11-/m0/s1. The van der Waals surface area contributed by atoms with Crippen LogP contribution in [0, 0.1) is 10.1 Å². The zero-order chi connectivity index (χ0) is 14.0. The summed E-state index contributed by atoms with van der Waals surface area (Å²) in [6.45, 7) is -0.108. The van der Waals surface area contributed by atoms with Gasteiger partial charge < -0.3 is 25.4 Å². The van der Waals surface area contributed by atoms with Crippen molar-refractivity contribution in [2.75, 3.05) is 11.9 Å². The van der Waals surface area contributed by atoms with Gasteiger partial charge in [0.05, 0.1) is 11.5 Å². The van der Waals surface area contributed by atoms with E-state index in [4.69, 9.17) is 4.74 Å². The zero-order valence-electron chi connectivity index (χ0n) is 9.84. The Balaban J connectivity index is 2.03. The Morgan fingerprint density at radius 1 is 1.21 bits per heavy atom. The van der Waals surface area contributed by atoms with Crippen molar-refractivity contribution in [1.29, 1.82) is 0 Å². The Labute approximate surface area is 108 Å². The van der Waals surface area contributed by atoms with Crippen LogP contribution in [0.3, 0.4) is 0 Å². The maximum absolute atomic E-state index is 10.5. The molecule has 0 unspecified atom stereocenters. The fraction of sp³-hybridized carbons (Fsp3) is 0.455. The topological polar surface area (TPSA) is 125 Å². The lowest BCUT2D eigenvalue weighted by atomic mass is 10.0. The molecule has 8 nitrogen and oxygen atoms in total. The van der Waals surface area contributed by atoms with E-state index in [2.05, 4.69) is 5.32 Å². The second-order valence-electron chi connectivity index (χ2n) is 4.25. The molecule has 1 aromatic rings. The zero-order valence-corrected chi connectivity index (χ0v) is 9.84. The summed E-state index contributed by atoms with van der Waals surface area (Å²) in [5.41, 5.74) is 0.448. The monoisotopic (exact) mass is 270 g/mol. The van der Waals surface area contributed by atoms with E-state index in [1.807, 2.05) is 0 Å². The van der Waals surface area contributed by atoms with Gasteiger partial charge in [-0.3, -0.25) is 10.1 Å². The van der Waals surface area contributed by atoms with Crippen LogP contribution in [-0.4, -0.2) is 51.4 Å². The van der Waals surface area contributed by atoms with Crippen molar-refractivity contribution in [3.8, 4) is 0 Å². The van der Waals surface area contributed by atoms with E-state index >= 15 is 0 Å². The molecule has 0 amide bonds. The number of nitrogens with one attached hydrogen (secondary N) is 1. The van der Waals surface area contributed by atoms with E-state index in [1.54, 1.807) is 0 Å². The Morgan fingerprint density at radius 3 is 2.42 bits per heavy atom. The second kappa shape index (κ2) is 5.49. The first-order valence-electron chi connectivity index (χ1n) is 5.66. The first-order valence-corrected chi connectivity index (χ1v) is 5.66. The van der Waals surface area contributed by atoms with Crippen LogP contribution in [0.5, 0.6) is 0 Å². The summed E-state index contributed by atoms with van der Waals surface area (Å²) in [6.07, 6.45) is -4.62. The van der Waals surface area contributed by atoms with Crippen molar-refractivity contribution in [1.82, 2.24) is 0 Å². The number of non-ortho nitro benzene ring substituents is 1. The van der Waals surface area contributed by atoms with Crippen molar-refractivity contribution in [3.63, 3.8) is 0 Å². The van der Waals surface area contributed by atoms with Crippen LogP contribution in [-0.2, 0) is 4.74 Å². The number of hydrogen-bond acceptors (Lipinski definition) is 7. The first kappa shape index (κ1) is 13.7. The minimum atomic E-state index is -1.30. The molecule has 0 radical (unpaired) electrons. The molecular weight excluding hydrogens is 256 g/mol. The minimum Gasteiger partial charge on any atom is -0.388 e. The van der Waals surface area contributed by atoms with Gasteiger partial charge in [-0.2, -0.15) is 0 Å². The molecule has 1 saturated heterocycles. The molecule has 2 rings (SSSR count). The number of nitrogens with zero attached hydrogens (tertiary/aromatic N) is 1. The predicted octanol–water partition coefficient (Wildman–Crippen LogP) is -0.554. The van der Waals surface area contributed by atoms with E-state index in [1.165, 1.54) is 24.3 Å². The highest BCUT2D eigenvalue weighted by Crippen LogP contribution is 2.20. The number of rotatable bonds is 3. The van der Waals surface area contributed by atoms with Crippen LogP contribution in [0.25, 0.3) is 0 Å². The molecule has 1 fully saturated rings. The lowest BCUT2D eigenvalue weighted by Crippen LogP contribution is -2.55. The summed E-state index contributed by atoms with van der Waals surface area (Å²) in [5, 5.41) is 41.8. The van der Waals surface area contributed by atoms with Gasteiger partial charge in [0.2, 0.25) is 0 Å². The van der Waals surface area contributed by atoms with Gasteiger partial charge in [-0.15, -0.1) is 0 Å². The third-order valence-electron chi connectivity index (χ3n) is 2.89. The first-order chi connectivity index (χ1) is 8.99. The predicted molar refractivity (Wildman–Crippen MR) is 64.5 cm³/mol. The number of hydrogen-bond donors (Lipinski definition) is 4. The Morgan fingerprint density at radius 2 is 1.84 bits per heavy atom. The number of aliphatic hydroxyl groups is 3. The van der Waals surface area contributed by atoms with Crippen LogP contribution >= 0.6 is 0 Å². The van der Waals surface area contributed by atoms with Gasteiger partial charge in [-0.25, -0.2) is 0 Å². The fourth-order valence-electron chi connectivity index (χ4n) is 1.78. The van der Waals surface area contributed by atoms with Crippen LogP contribution < -0.4 is 5.32 Å². The number of benzene rings is 1. The highest BCUT2D eigenvalue weighted by atomic mass is 16.6. The molecule has 1 aromatic carbocycles. The van der Waals surface area contributed by atoms with Gasteiger partial charge in [0, 0.05) is 17.8 Å². The third kappa shape index (κ3) is 2.99. The molecule has 1 aliphatic rings. The molecule has 4 N–H and O–H groups in total. The molecule has 1 heterocycles. The largest absolute Gasteiger partial charge is 0.388 e. The summed E-state index contributed by atoms with van der Waals surface area (Å²) in [6, 6.07) is 5.54. The normalized spacial score (nSPS) is 30.9. The van der Waals surface area contributed by atoms with Crippen LogP contribution in [0.15, 0.2) is 24.3 Å². The van der Waals surface area contributed by atoms with Crippen molar-refractivity contribution < 1.29 is 25.0 Å². The van der Waals surface area contributed by atoms with Gasteiger partial charge in [0.25, 0.3) is 5.69 Å². The lowest BCUT2D eigenvalue weighted by Gasteiger charge is -2.35. The number of aliphatic hydroxyl groups excluding tert-OH is 3. The van der Waals surface area contributed by atoms with E-state index in [9.17, 15) is 25.4 Å². The summed E-state index contributed by atoms with van der Waals surface area (Å²) < 4.78 is 5.15. The number of anilines is 1. The van der Waals surface area contributed by atoms with Crippen molar-refractivity contribution in [2.45, 2.75) is 24.5 Å². The highest BCUT2D eigenvalue weighted by Gasteiger charge is 2.37. The molecular formula is C11H14N2O6. The summed E-state index contributed by atoms with van der Waals surface area (Å²) >= 11 is 0. The van der Waals surface area contributed by atoms with Crippen molar-refractivity contribution in [3.05, 3.63) is 34.4 Å². The molecule has 0 aliphatic carbocycles. The average molecular weight is 270 g/mol. The highest BCUT2D eigenvalue weighted by molar-refractivity contribution is 5.49. The van der Waals surface area contributed by atoms with Gasteiger partial charge in [0.1, 0.15) is 18.3 Å². The molecule has 19 heavy (non-hydrogen) atoms. The van der Waals surface area contributed by atoms with Crippen LogP contribution in [0.4, 0.5) is 11.4 Å². The van der Waals surface area contributed by atoms with Crippen LogP contribution in [0.1, 0.15) is 0 Å². The van der Waals surface area contributed by atoms with Crippen molar-refractivity contribution >= 4 is 11.4 Å². The Bertz CT molecular complexity index is 451. The fourth-order valence-corrected chi connectivity index (χ4v) is 1.78. The average Bonchev–Trinajstić information content (AvgIpc) is 2.40. The maximum atomic E-state index is 10.5. The number of nitro benzene ring substituents is 1. The SMILES string of the molecule is O=[N+]([O-])c1ccc(N[C@H]2OC[C@H](O)[C@@H](O)[C@H]2O)cc1. The molecule has 0 spiro atoms. The number of nitro groups is 1.